The molecule has 4 nitrogen and oxygen atoms in total. The van der Waals surface area contributed by atoms with Crippen molar-refractivity contribution in [3.05, 3.63) is 29.8 Å². The lowest BCUT2D eigenvalue weighted by Crippen LogP contribution is -2.41. The molecule has 2 rings (SSSR count). The van der Waals surface area contributed by atoms with Gasteiger partial charge in [0.2, 0.25) is 5.91 Å². The zero-order chi connectivity index (χ0) is 13.8. The van der Waals surface area contributed by atoms with Gasteiger partial charge in [0, 0.05) is 24.8 Å². The molecule has 0 radical (unpaired) electrons. The fraction of sp³-hybridized carbons (Fsp3) is 0.533. The Kier molecular flexibility index (Phi) is 4.43. The molecule has 1 fully saturated rings. The van der Waals surface area contributed by atoms with Crippen LogP contribution in [0.3, 0.4) is 0 Å². The molecule has 0 aliphatic carbocycles. The van der Waals surface area contributed by atoms with Gasteiger partial charge >= 0.3 is 0 Å². The van der Waals surface area contributed by atoms with Crippen molar-refractivity contribution in [1.82, 2.24) is 0 Å². The molecule has 4 heteroatoms. The molecule has 0 saturated carbocycles. The number of para-hydroxylation sites is 1. The average Bonchev–Trinajstić information content (AvgIpc) is 2.46. The van der Waals surface area contributed by atoms with E-state index in [0.717, 1.165) is 37.1 Å². The van der Waals surface area contributed by atoms with E-state index in [1.54, 1.807) is 0 Å². The first-order valence-corrected chi connectivity index (χ1v) is 7.02. The number of primary amides is 1. The molecule has 0 spiro atoms. The Hall–Kier alpha value is -1.55. The van der Waals surface area contributed by atoms with Crippen LogP contribution in [-0.2, 0) is 4.79 Å². The number of benzene rings is 1. The Morgan fingerprint density at radius 3 is 2.89 bits per heavy atom. The van der Waals surface area contributed by atoms with Crippen molar-refractivity contribution in [1.29, 1.82) is 0 Å². The van der Waals surface area contributed by atoms with Crippen LogP contribution in [0.15, 0.2) is 24.3 Å². The van der Waals surface area contributed by atoms with Gasteiger partial charge in [0.25, 0.3) is 0 Å². The van der Waals surface area contributed by atoms with Crippen molar-refractivity contribution in [2.75, 3.05) is 18.0 Å². The normalized spacial score (nSPS) is 21.2. The highest BCUT2D eigenvalue weighted by atomic mass is 16.1. The predicted octanol–water partition coefficient (Wildman–Crippen LogP) is 1.80. The molecule has 4 N–H and O–H groups in total. The van der Waals surface area contributed by atoms with Crippen molar-refractivity contribution in [2.45, 2.75) is 32.2 Å². The Morgan fingerprint density at radius 1 is 1.47 bits per heavy atom. The number of hydrogen-bond donors (Lipinski definition) is 2. The Balaban J connectivity index is 2.23. The fourth-order valence-corrected chi connectivity index (χ4v) is 2.74. The zero-order valence-corrected chi connectivity index (χ0v) is 11.5. The second-order valence-electron chi connectivity index (χ2n) is 5.26. The number of amides is 1. The molecule has 0 aromatic heterocycles. The van der Waals surface area contributed by atoms with Gasteiger partial charge in [0.15, 0.2) is 0 Å². The summed E-state index contributed by atoms with van der Waals surface area (Å²) in [4.78, 5) is 13.6. The maximum atomic E-state index is 11.4. The summed E-state index contributed by atoms with van der Waals surface area (Å²) in [6, 6.07) is 8.26. The van der Waals surface area contributed by atoms with Crippen LogP contribution in [0, 0.1) is 5.92 Å². The lowest BCUT2D eigenvalue weighted by molar-refractivity contribution is -0.122. The van der Waals surface area contributed by atoms with Crippen molar-refractivity contribution in [3.63, 3.8) is 0 Å². The van der Waals surface area contributed by atoms with E-state index < -0.39 is 0 Å². The summed E-state index contributed by atoms with van der Waals surface area (Å²) in [6.45, 7) is 3.77. The first kappa shape index (κ1) is 13.9. The Bertz CT molecular complexity index is 447. The third-order valence-electron chi connectivity index (χ3n) is 3.94. The van der Waals surface area contributed by atoms with E-state index in [0.29, 0.717) is 6.54 Å². The summed E-state index contributed by atoms with van der Waals surface area (Å²) in [6.07, 6.45) is 2.81. The topological polar surface area (TPSA) is 72.3 Å². The van der Waals surface area contributed by atoms with E-state index in [-0.39, 0.29) is 17.9 Å². The van der Waals surface area contributed by atoms with E-state index in [2.05, 4.69) is 24.0 Å². The van der Waals surface area contributed by atoms with Crippen molar-refractivity contribution >= 4 is 11.6 Å². The second kappa shape index (κ2) is 6.06. The monoisotopic (exact) mass is 261 g/mol. The number of carbonyl (C=O) groups excluding carboxylic acids is 1. The largest absolute Gasteiger partial charge is 0.370 e. The van der Waals surface area contributed by atoms with Crippen molar-refractivity contribution < 1.29 is 4.79 Å². The summed E-state index contributed by atoms with van der Waals surface area (Å²) in [5, 5.41) is 0. The number of nitrogens with two attached hydrogens (primary N) is 2. The third-order valence-corrected chi connectivity index (χ3v) is 3.94. The van der Waals surface area contributed by atoms with Gasteiger partial charge in [-0.25, -0.2) is 0 Å². The minimum atomic E-state index is -0.193. The minimum Gasteiger partial charge on any atom is -0.370 e. The first-order chi connectivity index (χ1) is 9.13. The van der Waals surface area contributed by atoms with E-state index in [1.165, 1.54) is 0 Å². The smallest absolute Gasteiger partial charge is 0.222 e. The zero-order valence-electron chi connectivity index (χ0n) is 11.5. The van der Waals surface area contributed by atoms with Crippen molar-refractivity contribution in [3.8, 4) is 0 Å². The van der Waals surface area contributed by atoms with Crippen LogP contribution in [0.25, 0.3) is 0 Å². The van der Waals surface area contributed by atoms with Gasteiger partial charge in [0.05, 0.1) is 5.92 Å². The maximum Gasteiger partial charge on any atom is 0.222 e. The lowest BCUT2D eigenvalue weighted by atomic mass is 9.95. The van der Waals surface area contributed by atoms with Crippen LogP contribution in [0.2, 0.25) is 0 Å². The molecule has 1 unspecified atom stereocenters. The van der Waals surface area contributed by atoms with Gasteiger partial charge in [-0.2, -0.15) is 0 Å². The number of rotatable bonds is 4. The van der Waals surface area contributed by atoms with Gasteiger partial charge in [0.1, 0.15) is 0 Å². The highest BCUT2D eigenvalue weighted by Crippen LogP contribution is 2.30. The Labute approximate surface area is 114 Å². The maximum absolute atomic E-state index is 11.4. The SMILES string of the molecule is CC[C@@H](N)c1ccccc1N1CCCC(C(N)=O)C1. The molecular formula is C15H23N3O. The highest BCUT2D eigenvalue weighted by molar-refractivity contribution is 5.77. The van der Waals surface area contributed by atoms with Crippen molar-refractivity contribution in [2.24, 2.45) is 17.4 Å². The summed E-state index contributed by atoms with van der Waals surface area (Å²) in [5.74, 6) is -0.235. The molecular weight excluding hydrogens is 238 g/mol. The number of piperidine rings is 1. The van der Waals surface area contributed by atoms with Gasteiger partial charge in [-0.15, -0.1) is 0 Å². The molecule has 19 heavy (non-hydrogen) atoms. The molecule has 2 atom stereocenters. The number of hydrogen-bond acceptors (Lipinski definition) is 3. The molecule has 1 aromatic rings. The van der Waals surface area contributed by atoms with Gasteiger partial charge in [-0.1, -0.05) is 25.1 Å². The van der Waals surface area contributed by atoms with E-state index in [4.69, 9.17) is 11.5 Å². The van der Waals surface area contributed by atoms with Crippen LogP contribution in [0.5, 0.6) is 0 Å². The summed E-state index contributed by atoms with van der Waals surface area (Å²) >= 11 is 0. The van der Waals surface area contributed by atoms with Crippen LogP contribution in [0.4, 0.5) is 5.69 Å². The second-order valence-corrected chi connectivity index (χ2v) is 5.26. The minimum absolute atomic E-state index is 0.0420. The molecule has 1 aliphatic rings. The summed E-state index contributed by atoms with van der Waals surface area (Å²) in [7, 11) is 0. The van der Waals surface area contributed by atoms with Gasteiger partial charge in [-0.3, -0.25) is 4.79 Å². The standard InChI is InChI=1S/C15H23N3O/c1-2-13(16)12-7-3-4-8-14(12)18-9-5-6-11(10-18)15(17)19/h3-4,7-8,11,13H,2,5-6,9-10,16H2,1H3,(H2,17,19)/t11?,13-/m1/s1. The highest BCUT2D eigenvalue weighted by Gasteiger charge is 2.25. The fourth-order valence-electron chi connectivity index (χ4n) is 2.74. The van der Waals surface area contributed by atoms with Crippen LogP contribution >= 0.6 is 0 Å². The van der Waals surface area contributed by atoms with Gasteiger partial charge in [-0.05, 0) is 30.9 Å². The number of carbonyl (C=O) groups is 1. The molecule has 1 aliphatic heterocycles. The number of anilines is 1. The molecule has 1 heterocycles. The van der Waals surface area contributed by atoms with Crippen LogP contribution in [-0.4, -0.2) is 19.0 Å². The Morgan fingerprint density at radius 2 is 2.21 bits per heavy atom. The third kappa shape index (κ3) is 3.07. The van der Waals surface area contributed by atoms with E-state index in [9.17, 15) is 4.79 Å². The van der Waals surface area contributed by atoms with Crippen LogP contribution in [0.1, 0.15) is 37.8 Å². The molecule has 1 aromatic carbocycles. The van der Waals surface area contributed by atoms with E-state index in [1.807, 2.05) is 12.1 Å². The molecule has 104 valence electrons. The number of nitrogens with zero attached hydrogens (tertiary/aromatic N) is 1. The van der Waals surface area contributed by atoms with E-state index >= 15 is 0 Å². The molecule has 1 amide bonds. The first-order valence-electron chi connectivity index (χ1n) is 7.02. The van der Waals surface area contributed by atoms with Gasteiger partial charge < -0.3 is 16.4 Å². The average molecular weight is 261 g/mol. The summed E-state index contributed by atoms with van der Waals surface area (Å²) < 4.78 is 0. The molecule has 1 saturated heterocycles. The predicted molar refractivity (Wildman–Crippen MR) is 77.8 cm³/mol. The lowest BCUT2D eigenvalue weighted by Gasteiger charge is -2.35. The van der Waals surface area contributed by atoms with Crippen LogP contribution < -0.4 is 16.4 Å². The summed E-state index contributed by atoms with van der Waals surface area (Å²) in [5.41, 5.74) is 13.9. The quantitative estimate of drug-likeness (QED) is 0.868. The molecule has 0 bridgehead atoms.